The third-order valence-electron chi connectivity index (χ3n) is 5.79. The summed E-state index contributed by atoms with van der Waals surface area (Å²) in [6, 6.07) is 5.15. The van der Waals surface area contributed by atoms with Gasteiger partial charge in [0.25, 0.3) is 17.6 Å². The van der Waals surface area contributed by atoms with E-state index in [1.54, 1.807) is 5.32 Å². The zero-order valence-electron chi connectivity index (χ0n) is 20.9. The number of aliphatic hydroxyl groups is 6. The number of rotatable bonds is 10. The molecule has 1 aromatic heterocycles. The number of carbonyl (C=O) groups excluding carboxylic acids is 1. The Balaban J connectivity index is 1.75. The number of aromatic nitrogens is 1. The molecule has 16 nitrogen and oxygen atoms in total. The average molecular weight is 585 g/mol. The molecule has 3 aromatic rings. The maximum absolute atomic E-state index is 12.3. The highest BCUT2D eigenvalue weighted by molar-refractivity contribution is 7.13. The van der Waals surface area contributed by atoms with Gasteiger partial charge in [-0.25, -0.2) is 10.3 Å². The molecule has 1 heterocycles. The van der Waals surface area contributed by atoms with Crippen LogP contribution < -0.4 is 16.4 Å². The first-order valence-corrected chi connectivity index (χ1v) is 12.0. The number of methoxy groups -OCH3 is 1. The fourth-order valence-corrected chi connectivity index (χ4v) is 4.42. The first-order chi connectivity index (χ1) is 18.4. The van der Waals surface area contributed by atoms with Gasteiger partial charge >= 0.3 is 0 Å². The van der Waals surface area contributed by atoms with Gasteiger partial charge in [0.2, 0.25) is 17.4 Å². The molecular weight excluding hydrogens is 556 g/mol. The molecule has 0 saturated carbocycles. The third-order valence-corrected chi connectivity index (χ3v) is 6.47. The summed E-state index contributed by atoms with van der Waals surface area (Å²) in [7, 11) is 0.952. The van der Waals surface area contributed by atoms with E-state index in [1.165, 1.54) is 29.6 Å². The van der Waals surface area contributed by atoms with Crippen molar-refractivity contribution in [1.82, 2.24) is 10.3 Å². The number of carbonyl (C=O) groups is 1. The third kappa shape index (κ3) is 6.17. The number of nitrogens with one attached hydrogen (secondary N) is 2. The molecule has 0 fully saturated rings. The molecule has 0 bridgehead atoms. The van der Waals surface area contributed by atoms with E-state index in [0.29, 0.717) is 0 Å². The number of phenolic OH excluding ortho intramolecular Hbond substituents is 4. The second-order valence-corrected chi connectivity index (χ2v) is 9.68. The minimum atomic E-state index is -3.35. The minimum Gasteiger partial charge on any atom is -0.504 e. The van der Waals surface area contributed by atoms with Crippen LogP contribution in [0.15, 0.2) is 29.6 Å². The molecule has 0 radical (unpaired) electrons. The number of thiazole rings is 1. The normalized spacial score (nSPS) is 13.3. The van der Waals surface area contributed by atoms with Gasteiger partial charge < -0.3 is 66.9 Å². The number of anilines is 2. The smallest absolute Gasteiger partial charge is 0.291 e. The molecule has 0 saturated heterocycles. The lowest BCUT2D eigenvalue weighted by Gasteiger charge is -2.37. The van der Waals surface area contributed by atoms with Gasteiger partial charge in [-0.15, -0.1) is 11.3 Å². The van der Waals surface area contributed by atoms with Crippen LogP contribution in [0.3, 0.4) is 0 Å². The summed E-state index contributed by atoms with van der Waals surface area (Å²) in [5, 5.41) is 107. The number of nitrogen functional groups attached to an aromatic ring is 1. The molecule has 14 N–H and O–H groups in total. The molecule has 40 heavy (non-hydrogen) atoms. The van der Waals surface area contributed by atoms with Crippen LogP contribution in [0.25, 0.3) is 0 Å². The van der Waals surface area contributed by atoms with Crippen LogP contribution in [-0.2, 0) is 21.7 Å². The number of hydrogen-bond acceptors (Lipinski definition) is 16. The van der Waals surface area contributed by atoms with Crippen molar-refractivity contribution in [3.63, 3.8) is 0 Å². The quantitative estimate of drug-likeness (QED) is 0.0727. The van der Waals surface area contributed by atoms with E-state index >= 15 is 0 Å². The van der Waals surface area contributed by atoms with Crippen molar-refractivity contribution in [2.24, 2.45) is 0 Å². The molecule has 3 rings (SSSR count). The molecule has 2 aromatic carbocycles. The van der Waals surface area contributed by atoms with Gasteiger partial charge in [-0.3, -0.25) is 4.79 Å². The Morgan fingerprint density at radius 1 is 1.00 bits per heavy atom. The van der Waals surface area contributed by atoms with Gasteiger partial charge in [0.15, 0.2) is 22.7 Å². The Bertz CT molecular complexity index is 1360. The molecule has 0 aliphatic rings. The van der Waals surface area contributed by atoms with Crippen LogP contribution in [0.5, 0.6) is 23.0 Å². The van der Waals surface area contributed by atoms with E-state index in [-0.39, 0.29) is 27.6 Å². The minimum absolute atomic E-state index is 0.0163. The van der Waals surface area contributed by atoms with Crippen LogP contribution >= 0.6 is 11.3 Å². The summed E-state index contributed by atoms with van der Waals surface area (Å²) >= 11 is 0.896. The van der Waals surface area contributed by atoms with Crippen molar-refractivity contribution in [3.05, 3.63) is 52.0 Å². The predicted molar refractivity (Wildman–Crippen MR) is 136 cm³/mol. The van der Waals surface area contributed by atoms with Crippen molar-refractivity contribution in [2.75, 3.05) is 18.2 Å². The molecule has 1 amide bonds. The molecule has 218 valence electrons. The van der Waals surface area contributed by atoms with E-state index in [1.807, 2.05) is 0 Å². The summed E-state index contributed by atoms with van der Waals surface area (Å²) in [4.78, 5) is 16.0. The molecule has 1 atom stereocenters. The van der Waals surface area contributed by atoms with Gasteiger partial charge in [0, 0.05) is 35.7 Å². The molecule has 0 aliphatic heterocycles. The summed E-state index contributed by atoms with van der Waals surface area (Å²) in [5.74, 6) is -14.8. The fourth-order valence-electron chi connectivity index (χ4n) is 3.82. The molecule has 0 aliphatic carbocycles. The largest absolute Gasteiger partial charge is 0.504 e. The van der Waals surface area contributed by atoms with Crippen LogP contribution in [0.2, 0.25) is 0 Å². The van der Waals surface area contributed by atoms with Gasteiger partial charge in [-0.1, -0.05) is 12.1 Å². The number of benzene rings is 2. The van der Waals surface area contributed by atoms with Crippen LogP contribution in [-0.4, -0.2) is 80.9 Å². The van der Waals surface area contributed by atoms with Gasteiger partial charge in [-0.2, -0.15) is 0 Å². The van der Waals surface area contributed by atoms with Gasteiger partial charge in [0.05, 0.1) is 0 Å². The maximum Gasteiger partial charge on any atom is 0.291 e. The average Bonchev–Trinajstić information content (AvgIpc) is 3.31. The van der Waals surface area contributed by atoms with E-state index in [2.05, 4.69) is 10.3 Å². The second-order valence-electron chi connectivity index (χ2n) is 8.79. The van der Waals surface area contributed by atoms with Crippen molar-refractivity contribution < 1.29 is 60.6 Å². The fraction of sp³-hybridized carbons (Fsp3) is 0.304. The number of nitrogens with zero attached hydrogens (tertiary/aromatic N) is 1. The predicted octanol–water partition coefficient (Wildman–Crippen LogP) is -1.57. The molecule has 1 unspecified atom stereocenters. The standard InChI is InChI=1S/C23H28N4O12S/c1-9-13(15(29)17(31)16(30)14(9)28)18(39-2)23(37,38)27-21(33,34)7-10-3-5-11(6-4-10)25-19(32)22(35,36)12-8-40-20(24)26-12/h3-6,8,18,27-31,33-38H,7H2,1-2H3,(H2,24,26)(H,25,32). The molecular formula is C23H28N4O12S. The van der Waals surface area contributed by atoms with Crippen molar-refractivity contribution >= 4 is 28.1 Å². The van der Waals surface area contributed by atoms with Crippen LogP contribution in [0.1, 0.15) is 28.5 Å². The second kappa shape index (κ2) is 11.0. The van der Waals surface area contributed by atoms with E-state index < -0.39 is 64.6 Å². The summed E-state index contributed by atoms with van der Waals surface area (Å²) in [6.07, 6.45) is -2.74. The Kier molecular flexibility index (Phi) is 8.46. The van der Waals surface area contributed by atoms with E-state index in [4.69, 9.17) is 10.5 Å². The lowest BCUT2D eigenvalue weighted by Crippen LogP contribution is -2.62. The first-order valence-electron chi connectivity index (χ1n) is 11.2. The number of amides is 1. The van der Waals surface area contributed by atoms with Gasteiger partial charge in [0.1, 0.15) is 5.69 Å². The van der Waals surface area contributed by atoms with Crippen molar-refractivity contribution in [2.45, 2.75) is 37.1 Å². The Morgan fingerprint density at radius 3 is 2.10 bits per heavy atom. The lowest BCUT2D eigenvalue weighted by atomic mass is 9.96. The van der Waals surface area contributed by atoms with Crippen molar-refractivity contribution in [1.29, 1.82) is 0 Å². The zero-order chi connectivity index (χ0) is 30.2. The Labute approximate surface area is 229 Å². The van der Waals surface area contributed by atoms with Crippen molar-refractivity contribution in [3.8, 4) is 23.0 Å². The summed E-state index contributed by atoms with van der Waals surface area (Å²) in [6.45, 7) is 1.15. The number of ether oxygens (including phenoxy) is 1. The monoisotopic (exact) mass is 584 g/mol. The molecule has 0 spiro atoms. The van der Waals surface area contributed by atoms with Gasteiger partial charge in [-0.05, 0) is 24.6 Å². The summed E-state index contributed by atoms with van der Waals surface area (Å²) < 4.78 is 4.98. The lowest BCUT2D eigenvalue weighted by molar-refractivity contribution is -0.320. The number of hydrogen-bond donors (Lipinski definition) is 13. The highest BCUT2D eigenvalue weighted by Gasteiger charge is 2.46. The van der Waals surface area contributed by atoms with Crippen LogP contribution in [0.4, 0.5) is 10.8 Å². The number of aromatic hydroxyl groups is 4. The Hall–Kier alpha value is -3.78. The number of phenols is 4. The van der Waals surface area contributed by atoms with E-state index in [9.17, 15) is 55.9 Å². The summed E-state index contributed by atoms with van der Waals surface area (Å²) in [5.41, 5.74) is 4.41. The van der Waals surface area contributed by atoms with E-state index in [0.717, 1.165) is 25.4 Å². The SMILES string of the molecule is COC(c1c(C)c(O)c(O)c(O)c1O)C(O)(O)NC(O)(O)Cc1ccc(NC(=O)C(O)(O)c2csc(N)n2)cc1. The van der Waals surface area contributed by atoms with Crippen LogP contribution in [0, 0.1) is 6.92 Å². The Morgan fingerprint density at radius 2 is 1.57 bits per heavy atom. The zero-order valence-corrected chi connectivity index (χ0v) is 21.7. The molecule has 17 heteroatoms. The topological polar surface area (TPSA) is 292 Å². The highest BCUT2D eigenvalue weighted by atomic mass is 32.1. The first kappa shape index (κ1) is 30.8. The highest BCUT2D eigenvalue weighted by Crippen LogP contribution is 2.50. The number of nitrogens with two attached hydrogens (primary N) is 1. The maximum atomic E-state index is 12.3.